The topological polar surface area (TPSA) is 107 Å². The highest BCUT2D eigenvalue weighted by Crippen LogP contribution is 2.33. The van der Waals surface area contributed by atoms with Crippen LogP contribution in [0.2, 0.25) is 0 Å². The number of benzene rings is 3. The molecule has 4 rings (SSSR count). The molecule has 1 heterocycles. The molecule has 0 unspecified atom stereocenters. The van der Waals surface area contributed by atoms with E-state index in [1.165, 1.54) is 48.6 Å². The first-order chi connectivity index (χ1) is 16.9. The molecule has 1 aromatic heterocycles. The maximum atomic E-state index is 12.8. The second kappa shape index (κ2) is 10.9. The zero-order chi connectivity index (χ0) is 24.8. The van der Waals surface area contributed by atoms with E-state index >= 15 is 0 Å². The van der Waals surface area contributed by atoms with Crippen LogP contribution in [-0.2, 0) is 14.9 Å². The minimum absolute atomic E-state index is 0.0112. The number of carbonyl (C=O) groups excluding carboxylic acids is 1. The van der Waals surface area contributed by atoms with Gasteiger partial charge in [-0.25, -0.2) is 10.4 Å². The van der Waals surface area contributed by atoms with Crippen molar-refractivity contribution in [1.82, 2.24) is 10.4 Å². The van der Waals surface area contributed by atoms with E-state index in [2.05, 4.69) is 15.5 Å². The molecule has 1 N–H and O–H groups in total. The largest absolute Gasteiger partial charge is 0.493 e. The Bertz CT molecular complexity index is 1450. The van der Waals surface area contributed by atoms with Crippen molar-refractivity contribution in [2.75, 3.05) is 12.9 Å². The van der Waals surface area contributed by atoms with E-state index in [1.54, 1.807) is 30.3 Å². The van der Waals surface area contributed by atoms with E-state index in [0.29, 0.717) is 5.56 Å². The number of hydrazone groups is 1. The van der Waals surface area contributed by atoms with Gasteiger partial charge in [-0.15, -0.1) is 11.3 Å². The number of thiazole rings is 1. The van der Waals surface area contributed by atoms with Crippen molar-refractivity contribution in [3.63, 3.8) is 0 Å². The minimum atomic E-state index is -4.12. The quantitative estimate of drug-likeness (QED) is 0.146. The van der Waals surface area contributed by atoms with Gasteiger partial charge in [0, 0.05) is 5.56 Å². The van der Waals surface area contributed by atoms with E-state index in [4.69, 9.17) is 8.92 Å². The Morgan fingerprint density at radius 3 is 2.63 bits per heavy atom. The number of ether oxygens (including phenoxy) is 1. The highest BCUT2D eigenvalue weighted by Gasteiger charge is 2.21. The van der Waals surface area contributed by atoms with Gasteiger partial charge in [0.15, 0.2) is 15.8 Å². The van der Waals surface area contributed by atoms with Crippen LogP contribution >= 0.6 is 23.1 Å². The van der Waals surface area contributed by atoms with Crippen molar-refractivity contribution in [2.45, 2.75) is 16.2 Å². The first-order valence-electron chi connectivity index (χ1n) is 10.3. The number of aromatic nitrogens is 1. The molecule has 3 aromatic carbocycles. The van der Waals surface area contributed by atoms with Gasteiger partial charge in [-0.2, -0.15) is 13.5 Å². The molecule has 0 saturated heterocycles. The summed E-state index contributed by atoms with van der Waals surface area (Å²) in [4.78, 5) is 16.7. The molecule has 0 aliphatic heterocycles. The Kier molecular flexibility index (Phi) is 7.69. The molecule has 0 spiro atoms. The number of nitrogens with one attached hydrogen (secondary N) is 1. The van der Waals surface area contributed by atoms with Crippen molar-refractivity contribution in [3.05, 3.63) is 77.9 Å². The summed E-state index contributed by atoms with van der Waals surface area (Å²) in [5, 5.41) is 3.96. The predicted octanol–water partition coefficient (Wildman–Crippen LogP) is 4.62. The highest BCUT2D eigenvalue weighted by atomic mass is 32.2. The Balaban J connectivity index is 1.44. The number of nitrogens with zero attached hydrogens (tertiary/aromatic N) is 2. The molecule has 11 heteroatoms. The number of para-hydroxylation sites is 2. The molecule has 0 aliphatic carbocycles. The van der Waals surface area contributed by atoms with Crippen LogP contribution in [0.5, 0.6) is 11.5 Å². The first kappa shape index (κ1) is 24.7. The molecule has 0 saturated carbocycles. The van der Waals surface area contributed by atoms with Crippen molar-refractivity contribution in [3.8, 4) is 11.5 Å². The van der Waals surface area contributed by atoms with Crippen LogP contribution < -0.4 is 14.3 Å². The standard InChI is InChI=1S/C24H21N3O5S3/c1-16-10-12-18(13-11-16)35(29,30)32-23-17(6-5-8-20(23)31-2)14-25-27-22(28)15-33-24-26-19-7-3-4-9-21(19)34-24/h3-14H,15H2,1-2H3,(H,27,28)/b25-14-. The average Bonchev–Trinajstić information content (AvgIpc) is 3.27. The lowest BCUT2D eigenvalue weighted by atomic mass is 10.2. The van der Waals surface area contributed by atoms with E-state index < -0.39 is 10.1 Å². The molecule has 35 heavy (non-hydrogen) atoms. The summed E-state index contributed by atoms with van der Waals surface area (Å²) in [6, 6.07) is 18.9. The monoisotopic (exact) mass is 527 g/mol. The number of aryl methyl sites for hydroxylation is 1. The maximum Gasteiger partial charge on any atom is 0.339 e. The molecule has 0 radical (unpaired) electrons. The summed E-state index contributed by atoms with van der Waals surface area (Å²) in [5.41, 5.74) is 4.58. The highest BCUT2D eigenvalue weighted by molar-refractivity contribution is 8.01. The van der Waals surface area contributed by atoms with E-state index in [9.17, 15) is 13.2 Å². The van der Waals surface area contributed by atoms with Gasteiger partial charge in [-0.3, -0.25) is 4.79 Å². The van der Waals surface area contributed by atoms with E-state index in [0.717, 1.165) is 20.1 Å². The zero-order valence-corrected chi connectivity index (χ0v) is 21.2. The lowest BCUT2D eigenvalue weighted by Gasteiger charge is -2.13. The van der Waals surface area contributed by atoms with Crippen molar-refractivity contribution >= 4 is 55.6 Å². The zero-order valence-electron chi connectivity index (χ0n) is 18.8. The van der Waals surface area contributed by atoms with Gasteiger partial charge in [0.25, 0.3) is 5.91 Å². The smallest absolute Gasteiger partial charge is 0.339 e. The van der Waals surface area contributed by atoms with Crippen molar-refractivity contribution in [1.29, 1.82) is 0 Å². The van der Waals surface area contributed by atoms with Crippen LogP contribution in [0.25, 0.3) is 10.2 Å². The Hall–Kier alpha value is -3.41. The summed E-state index contributed by atoms with van der Waals surface area (Å²) in [6.45, 7) is 1.86. The second-order valence-corrected chi connectivity index (χ2v) is 11.1. The van der Waals surface area contributed by atoms with Crippen LogP contribution in [0.1, 0.15) is 11.1 Å². The van der Waals surface area contributed by atoms with Crippen LogP contribution in [-0.4, -0.2) is 38.4 Å². The lowest BCUT2D eigenvalue weighted by molar-refractivity contribution is -0.118. The Morgan fingerprint density at radius 2 is 1.89 bits per heavy atom. The molecule has 8 nitrogen and oxygen atoms in total. The van der Waals surface area contributed by atoms with E-state index in [-0.39, 0.29) is 28.1 Å². The maximum absolute atomic E-state index is 12.8. The molecule has 0 atom stereocenters. The van der Waals surface area contributed by atoms with Crippen LogP contribution in [0.3, 0.4) is 0 Å². The summed E-state index contributed by atoms with van der Waals surface area (Å²) in [7, 11) is -2.71. The van der Waals surface area contributed by atoms with Crippen LogP contribution in [0.15, 0.2) is 81.1 Å². The van der Waals surface area contributed by atoms with Crippen LogP contribution in [0.4, 0.5) is 0 Å². The summed E-state index contributed by atoms with van der Waals surface area (Å²) >= 11 is 2.83. The number of hydrogen-bond donors (Lipinski definition) is 1. The second-order valence-electron chi connectivity index (χ2n) is 7.26. The van der Waals surface area contributed by atoms with Crippen molar-refractivity contribution in [2.24, 2.45) is 5.10 Å². The molecule has 0 bridgehead atoms. The average molecular weight is 528 g/mol. The number of carbonyl (C=O) groups is 1. The van der Waals surface area contributed by atoms with Gasteiger partial charge >= 0.3 is 10.1 Å². The summed E-state index contributed by atoms with van der Waals surface area (Å²) in [5.74, 6) is -0.0246. The third-order valence-electron chi connectivity index (χ3n) is 4.73. The fourth-order valence-corrected chi connectivity index (χ4v) is 5.82. The number of rotatable bonds is 9. The molecule has 1 amide bonds. The van der Waals surface area contributed by atoms with Gasteiger partial charge in [-0.1, -0.05) is 47.7 Å². The van der Waals surface area contributed by atoms with Gasteiger partial charge in [0.05, 0.1) is 29.3 Å². The third kappa shape index (κ3) is 6.18. The normalized spacial score (nSPS) is 11.6. The number of methoxy groups -OCH3 is 1. The van der Waals surface area contributed by atoms with Gasteiger partial charge < -0.3 is 8.92 Å². The van der Waals surface area contributed by atoms with Gasteiger partial charge in [-0.05, 0) is 43.3 Å². The molecule has 0 aliphatic rings. The van der Waals surface area contributed by atoms with Gasteiger partial charge in [0.1, 0.15) is 4.90 Å². The Labute approximate surface area is 211 Å². The fraction of sp³-hybridized carbons (Fsp3) is 0.125. The Morgan fingerprint density at radius 1 is 1.11 bits per heavy atom. The first-order valence-corrected chi connectivity index (χ1v) is 13.6. The number of fused-ring (bicyclic) bond motifs is 1. The predicted molar refractivity (Wildman–Crippen MR) is 138 cm³/mol. The van der Waals surface area contributed by atoms with Crippen LogP contribution in [0, 0.1) is 6.92 Å². The molecular weight excluding hydrogens is 506 g/mol. The van der Waals surface area contributed by atoms with E-state index in [1.807, 2.05) is 31.2 Å². The number of amides is 1. The fourth-order valence-electron chi connectivity index (χ4n) is 2.99. The molecular formula is C24H21N3O5S3. The number of hydrogen-bond acceptors (Lipinski definition) is 9. The molecule has 4 aromatic rings. The summed E-state index contributed by atoms with van der Waals surface area (Å²) < 4.78 is 38.1. The molecule has 0 fully saturated rings. The lowest BCUT2D eigenvalue weighted by Crippen LogP contribution is -2.19. The SMILES string of the molecule is COc1cccc(/C=N\NC(=O)CSc2nc3ccccc3s2)c1OS(=O)(=O)c1ccc(C)cc1. The van der Waals surface area contributed by atoms with Gasteiger partial charge in [0.2, 0.25) is 0 Å². The molecule has 180 valence electrons. The minimum Gasteiger partial charge on any atom is -0.493 e. The van der Waals surface area contributed by atoms with Crippen molar-refractivity contribution < 1.29 is 22.1 Å². The number of thioether (sulfide) groups is 1. The third-order valence-corrected chi connectivity index (χ3v) is 8.14. The summed E-state index contributed by atoms with van der Waals surface area (Å²) in [6.07, 6.45) is 1.31.